The lowest BCUT2D eigenvalue weighted by molar-refractivity contribution is 0.538. The van der Waals surface area contributed by atoms with Crippen molar-refractivity contribution in [3.63, 3.8) is 0 Å². The molecule has 1 unspecified atom stereocenters. The van der Waals surface area contributed by atoms with Crippen LogP contribution >= 0.6 is 0 Å². The summed E-state index contributed by atoms with van der Waals surface area (Å²) in [6.07, 6.45) is 12.7. The Labute approximate surface area is 104 Å². The molecule has 0 amide bonds. The summed E-state index contributed by atoms with van der Waals surface area (Å²) < 4.78 is 2.03. The molecule has 17 heavy (non-hydrogen) atoms. The Morgan fingerprint density at radius 1 is 1.47 bits per heavy atom. The summed E-state index contributed by atoms with van der Waals surface area (Å²) in [6.45, 7) is 3.26. The molecule has 0 bridgehead atoms. The minimum absolute atomic E-state index is 0.330. The van der Waals surface area contributed by atoms with Crippen LogP contribution in [0.3, 0.4) is 0 Å². The zero-order valence-corrected chi connectivity index (χ0v) is 10.9. The van der Waals surface area contributed by atoms with E-state index < -0.39 is 0 Å². The second kappa shape index (κ2) is 6.01. The molecule has 2 rings (SSSR count). The Kier molecular flexibility index (Phi) is 4.37. The van der Waals surface area contributed by atoms with Gasteiger partial charge in [0.05, 0.1) is 18.1 Å². The van der Waals surface area contributed by atoms with Gasteiger partial charge in [0, 0.05) is 13.2 Å². The van der Waals surface area contributed by atoms with Crippen molar-refractivity contribution in [1.82, 2.24) is 14.9 Å². The summed E-state index contributed by atoms with van der Waals surface area (Å²) >= 11 is 0. The summed E-state index contributed by atoms with van der Waals surface area (Å²) in [6, 6.07) is 0.330. The van der Waals surface area contributed by atoms with Crippen molar-refractivity contribution in [3.8, 4) is 0 Å². The van der Waals surface area contributed by atoms with Crippen LogP contribution in [0.5, 0.6) is 0 Å². The van der Waals surface area contributed by atoms with E-state index in [9.17, 15) is 0 Å². The standard InChI is InChI=1S/C14H23N3/c1-3-9-15-14(12-7-5-4-6-8-12)13-10-17(2)11-16-13/h7,10-11,14-15H,3-6,8-9H2,1-2H3. The quantitative estimate of drug-likeness (QED) is 0.792. The molecule has 0 saturated heterocycles. The topological polar surface area (TPSA) is 29.9 Å². The number of rotatable bonds is 5. The molecular weight excluding hydrogens is 210 g/mol. The molecule has 1 atom stereocenters. The summed E-state index contributed by atoms with van der Waals surface area (Å²) in [5.74, 6) is 0. The van der Waals surface area contributed by atoms with Gasteiger partial charge in [-0.05, 0) is 38.6 Å². The van der Waals surface area contributed by atoms with E-state index >= 15 is 0 Å². The van der Waals surface area contributed by atoms with Gasteiger partial charge in [0.25, 0.3) is 0 Å². The Hall–Kier alpha value is -1.09. The maximum absolute atomic E-state index is 4.50. The lowest BCUT2D eigenvalue weighted by Crippen LogP contribution is -2.25. The molecule has 0 spiro atoms. The molecule has 1 aromatic heterocycles. The highest BCUT2D eigenvalue weighted by atomic mass is 15.0. The molecule has 3 heteroatoms. The predicted octanol–water partition coefficient (Wildman–Crippen LogP) is 2.96. The first-order chi connectivity index (χ1) is 8.31. The second-order valence-corrected chi connectivity index (χ2v) is 4.88. The van der Waals surface area contributed by atoms with Crippen LogP contribution in [0, 0.1) is 0 Å². The van der Waals surface area contributed by atoms with Crippen LogP contribution in [-0.4, -0.2) is 16.1 Å². The minimum Gasteiger partial charge on any atom is -0.340 e. The van der Waals surface area contributed by atoms with E-state index in [1.807, 2.05) is 17.9 Å². The maximum atomic E-state index is 4.50. The zero-order chi connectivity index (χ0) is 12.1. The predicted molar refractivity (Wildman–Crippen MR) is 70.8 cm³/mol. The van der Waals surface area contributed by atoms with E-state index in [2.05, 4.69) is 29.5 Å². The fourth-order valence-corrected chi connectivity index (χ4v) is 2.42. The fraction of sp³-hybridized carbons (Fsp3) is 0.643. The number of aromatic nitrogens is 2. The molecule has 3 nitrogen and oxygen atoms in total. The number of allylic oxidation sites excluding steroid dienone is 1. The van der Waals surface area contributed by atoms with E-state index in [0.29, 0.717) is 6.04 Å². The van der Waals surface area contributed by atoms with Gasteiger partial charge in [-0.15, -0.1) is 0 Å². The van der Waals surface area contributed by atoms with Gasteiger partial charge in [-0.3, -0.25) is 0 Å². The van der Waals surface area contributed by atoms with Crippen molar-refractivity contribution in [2.24, 2.45) is 7.05 Å². The molecule has 1 N–H and O–H groups in total. The van der Waals surface area contributed by atoms with Crippen LogP contribution in [0.2, 0.25) is 0 Å². The van der Waals surface area contributed by atoms with Crippen LogP contribution < -0.4 is 5.32 Å². The molecule has 1 heterocycles. The van der Waals surface area contributed by atoms with Crippen LogP contribution in [0.25, 0.3) is 0 Å². The maximum Gasteiger partial charge on any atom is 0.0947 e. The Morgan fingerprint density at radius 3 is 2.94 bits per heavy atom. The zero-order valence-electron chi connectivity index (χ0n) is 10.9. The molecule has 0 aliphatic heterocycles. The Bertz CT molecular complexity index is 379. The molecule has 0 radical (unpaired) electrons. The fourth-order valence-electron chi connectivity index (χ4n) is 2.42. The first-order valence-electron chi connectivity index (χ1n) is 6.71. The van der Waals surface area contributed by atoms with Gasteiger partial charge in [0.2, 0.25) is 0 Å². The van der Waals surface area contributed by atoms with Crippen molar-refractivity contribution in [1.29, 1.82) is 0 Å². The first kappa shape index (κ1) is 12.4. The van der Waals surface area contributed by atoms with Gasteiger partial charge in [0.1, 0.15) is 0 Å². The van der Waals surface area contributed by atoms with E-state index in [1.165, 1.54) is 31.3 Å². The van der Waals surface area contributed by atoms with Gasteiger partial charge < -0.3 is 9.88 Å². The highest BCUT2D eigenvalue weighted by Crippen LogP contribution is 2.28. The largest absolute Gasteiger partial charge is 0.340 e. The molecule has 1 aliphatic rings. The first-order valence-corrected chi connectivity index (χ1v) is 6.71. The lowest BCUT2D eigenvalue weighted by Gasteiger charge is -2.23. The number of nitrogens with zero attached hydrogens (tertiary/aromatic N) is 2. The van der Waals surface area contributed by atoms with Gasteiger partial charge in [0.15, 0.2) is 0 Å². The smallest absolute Gasteiger partial charge is 0.0947 e. The van der Waals surface area contributed by atoms with E-state index in [1.54, 1.807) is 0 Å². The van der Waals surface area contributed by atoms with Gasteiger partial charge in [-0.2, -0.15) is 0 Å². The molecule has 1 aliphatic carbocycles. The SMILES string of the molecule is CCCNC(C1=CCCCC1)c1cn(C)cn1. The summed E-state index contributed by atoms with van der Waals surface area (Å²) in [5, 5.41) is 3.62. The van der Waals surface area contributed by atoms with Gasteiger partial charge >= 0.3 is 0 Å². The molecule has 0 saturated carbocycles. The van der Waals surface area contributed by atoms with Crippen LogP contribution in [0.4, 0.5) is 0 Å². The number of imidazole rings is 1. The van der Waals surface area contributed by atoms with Crippen LogP contribution in [-0.2, 0) is 7.05 Å². The number of nitrogens with one attached hydrogen (secondary N) is 1. The number of hydrogen-bond donors (Lipinski definition) is 1. The highest BCUT2D eigenvalue weighted by molar-refractivity contribution is 5.22. The molecule has 0 fully saturated rings. The third kappa shape index (κ3) is 3.19. The van der Waals surface area contributed by atoms with Crippen molar-refractivity contribution in [2.45, 2.75) is 45.1 Å². The monoisotopic (exact) mass is 233 g/mol. The summed E-state index contributed by atoms with van der Waals surface area (Å²) in [4.78, 5) is 4.50. The van der Waals surface area contributed by atoms with Crippen molar-refractivity contribution < 1.29 is 0 Å². The van der Waals surface area contributed by atoms with Crippen molar-refractivity contribution in [2.75, 3.05) is 6.54 Å². The normalized spacial score (nSPS) is 17.9. The second-order valence-electron chi connectivity index (χ2n) is 4.88. The summed E-state index contributed by atoms with van der Waals surface area (Å²) in [7, 11) is 2.03. The third-order valence-electron chi connectivity index (χ3n) is 3.32. The summed E-state index contributed by atoms with van der Waals surface area (Å²) in [5.41, 5.74) is 2.69. The van der Waals surface area contributed by atoms with Crippen LogP contribution in [0.1, 0.15) is 50.8 Å². The van der Waals surface area contributed by atoms with E-state index in [4.69, 9.17) is 0 Å². The van der Waals surface area contributed by atoms with E-state index in [0.717, 1.165) is 18.7 Å². The highest BCUT2D eigenvalue weighted by Gasteiger charge is 2.19. The molecular formula is C14H23N3. The van der Waals surface area contributed by atoms with Crippen molar-refractivity contribution >= 4 is 0 Å². The minimum atomic E-state index is 0.330. The average Bonchev–Trinajstić information content (AvgIpc) is 2.78. The Balaban J connectivity index is 2.15. The Morgan fingerprint density at radius 2 is 2.35 bits per heavy atom. The van der Waals surface area contributed by atoms with Gasteiger partial charge in [-0.1, -0.05) is 18.6 Å². The molecule has 94 valence electrons. The van der Waals surface area contributed by atoms with Crippen LogP contribution in [0.15, 0.2) is 24.2 Å². The average molecular weight is 233 g/mol. The number of aryl methyl sites for hydroxylation is 1. The molecule has 0 aromatic carbocycles. The van der Waals surface area contributed by atoms with Crippen molar-refractivity contribution in [3.05, 3.63) is 29.9 Å². The number of hydrogen-bond acceptors (Lipinski definition) is 2. The van der Waals surface area contributed by atoms with E-state index in [-0.39, 0.29) is 0 Å². The van der Waals surface area contributed by atoms with Gasteiger partial charge in [-0.25, -0.2) is 4.98 Å². The lowest BCUT2D eigenvalue weighted by atomic mass is 9.92. The third-order valence-corrected chi connectivity index (χ3v) is 3.32. The molecule has 1 aromatic rings.